The second-order valence-electron chi connectivity index (χ2n) is 5.28. The number of hydrogen-bond donors (Lipinski definition) is 0. The van der Waals surface area contributed by atoms with Gasteiger partial charge >= 0.3 is 0 Å². The van der Waals surface area contributed by atoms with E-state index in [0.717, 1.165) is 0 Å². The van der Waals surface area contributed by atoms with Crippen molar-refractivity contribution < 1.29 is 13.9 Å². The van der Waals surface area contributed by atoms with Crippen LogP contribution in [-0.2, 0) is 6.54 Å². The van der Waals surface area contributed by atoms with E-state index >= 15 is 0 Å². The van der Waals surface area contributed by atoms with Crippen molar-refractivity contribution in [3.8, 4) is 5.75 Å². The Balaban J connectivity index is 1.84. The number of benzene rings is 1. The van der Waals surface area contributed by atoms with Gasteiger partial charge in [0.05, 0.1) is 12.8 Å². The van der Waals surface area contributed by atoms with Crippen LogP contribution < -0.4 is 9.64 Å². The minimum Gasteiger partial charge on any atom is -0.490 e. The lowest BCUT2D eigenvalue weighted by Crippen LogP contribution is -2.31. The van der Waals surface area contributed by atoms with Crippen LogP contribution in [0.15, 0.2) is 84.1 Å². The van der Waals surface area contributed by atoms with Gasteiger partial charge in [0.15, 0.2) is 0 Å². The lowest BCUT2D eigenvalue weighted by Gasteiger charge is -2.21. The summed E-state index contributed by atoms with van der Waals surface area (Å²) in [4.78, 5) is 18.9. The predicted molar refractivity (Wildman–Crippen MR) is 95.6 cm³/mol. The fourth-order valence-corrected chi connectivity index (χ4v) is 2.33. The fourth-order valence-electron chi connectivity index (χ4n) is 2.33. The molecule has 0 aliphatic carbocycles. The van der Waals surface area contributed by atoms with E-state index < -0.39 is 0 Å². The van der Waals surface area contributed by atoms with Gasteiger partial charge in [-0.15, -0.1) is 0 Å². The van der Waals surface area contributed by atoms with Crippen molar-refractivity contribution in [2.24, 2.45) is 0 Å². The van der Waals surface area contributed by atoms with Gasteiger partial charge in [0.1, 0.15) is 23.9 Å². The smallest absolute Gasteiger partial charge is 0.259 e. The zero-order chi connectivity index (χ0) is 17.5. The lowest BCUT2D eigenvalue weighted by atomic mass is 10.2. The number of carbonyl (C=O) groups excluding carboxylic acids is 1. The summed E-state index contributed by atoms with van der Waals surface area (Å²) in [6, 6.07) is 16.1. The summed E-state index contributed by atoms with van der Waals surface area (Å²) in [7, 11) is 0. The van der Waals surface area contributed by atoms with Gasteiger partial charge in [-0.05, 0) is 48.5 Å². The number of carbonyl (C=O) groups is 1. The Labute approximate surface area is 146 Å². The summed E-state index contributed by atoms with van der Waals surface area (Å²) in [6.07, 6.45) is 4.91. The van der Waals surface area contributed by atoms with E-state index in [0.29, 0.717) is 36.0 Å². The molecule has 0 atom stereocenters. The molecule has 0 saturated carbocycles. The topological polar surface area (TPSA) is 55.6 Å². The number of furan rings is 1. The molecule has 0 N–H and O–H groups in total. The molecule has 25 heavy (non-hydrogen) atoms. The van der Waals surface area contributed by atoms with Crippen LogP contribution in [0.5, 0.6) is 5.75 Å². The second-order valence-corrected chi connectivity index (χ2v) is 5.28. The Kier molecular flexibility index (Phi) is 5.26. The fraction of sp³-hybridized carbons (Fsp3) is 0.100. The van der Waals surface area contributed by atoms with Gasteiger partial charge in [0.25, 0.3) is 5.91 Å². The van der Waals surface area contributed by atoms with Gasteiger partial charge < -0.3 is 9.15 Å². The first-order valence-corrected chi connectivity index (χ1v) is 7.87. The molecule has 0 radical (unpaired) electrons. The van der Waals surface area contributed by atoms with Crippen LogP contribution in [-0.4, -0.2) is 17.5 Å². The molecule has 5 nitrogen and oxygen atoms in total. The molecule has 2 aromatic heterocycles. The summed E-state index contributed by atoms with van der Waals surface area (Å²) < 4.78 is 10.8. The zero-order valence-electron chi connectivity index (χ0n) is 13.7. The van der Waals surface area contributed by atoms with E-state index in [2.05, 4.69) is 11.6 Å². The first-order valence-electron chi connectivity index (χ1n) is 7.87. The van der Waals surface area contributed by atoms with Crippen molar-refractivity contribution in [2.45, 2.75) is 6.54 Å². The van der Waals surface area contributed by atoms with Crippen molar-refractivity contribution >= 4 is 11.7 Å². The Bertz CT molecular complexity index is 812. The third-order valence-electron chi connectivity index (χ3n) is 3.53. The van der Waals surface area contributed by atoms with Crippen LogP contribution in [0.3, 0.4) is 0 Å². The van der Waals surface area contributed by atoms with Gasteiger partial charge in [-0.3, -0.25) is 9.69 Å². The van der Waals surface area contributed by atoms with Gasteiger partial charge in [0, 0.05) is 11.8 Å². The van der Waals surface area contributed by atoms with E-state index in [-0.39, 0.29) is 5.91 Å². The Hall–Kier alpha value is -3.34. The van der Waals surface area contributed by atoms with E-state index in [1.807, 2.05) is 18.2 Å². The van der Waals surface area contributed by atoms with Crippen LogP contribution in [0, 0.1) is 0 Å². The number of rotatable bonds is 7. The van der Waals surface area contributed by atoms with Crippen molar-refractivity contribution in [1.82, 2.24) is 4.98 Å². The summed E-state index contributed by atoms with van der Waals surface area (Å²) in [5.74, 6) is 1.78. The maximum Gasteiger partial charge on any atom is 0.259 e. The molecular formula is C20H18N2O3. The number of amides is 1. The normalized spacial score (nSPS) is 10.2. The number of pyridine rings is 1. The first-order chi connectivity index (χ1) is 12.3. The van der Waals surface area contributed by atoms with Crippen LogP contribution in [0.25, 0.3) is 0 Å². The number of hydrogen-bond acceptors (Lipinski definition) is 4. The van der Waals surface area contributed by atoms with Crippen molar-refractivity contribution in [1.29, 1.82) is 0 Å². The highest BCUT2D eigenvalue weighted by atomic mass is 16.5. The molecule has 3 rings (SSSR count). The maximum absolute atomic E-state index is 13.0. The Morgan fingerprint density at radius 3 is 2.64 bits per heavy atom. The van der Waals surface area contributed by atoms with Gasteiger partial charge in [-0.25, -0.2) is 4.98 Å². The number of anilines is 1. The SMILES string of the molecule is C=CCOc1ccc(C(=O)N(Cc2ccco2)c2ccccn2)cc1. The highest BCUT2D eigenvalue weighted by molar-refractivity contribution is 6.05. The lowest BCUT2D eigenvalue weighted by molar-refractivity contribution is 0.0982. The van der Waals surface area contributed by atoms with Crippen molar-refractivity contribution in [3.63, 3.8) is 0 Å². The molecule has 1 aromatic carbocycles. The monoisotopic (exact) mass is 334 g/mol. The Morgan fingerprint density at radius 1 is 1.16 bits per heavy atom. The summed E-state index contributed by atoms with van der Waals surface area (Å²) in [5.41, 5.74) is 0.545. The quantitative estimate of drug-likeness (QED) is 0.611. The Morgan fingerprint density at radius 2 is 2.00 bits per heavy atom. The standard InChI is InChI=1S/C20H18N2O3/c1-2-13-24-17-10-8-16(9-11-17)20(23)22(15-18-6-5-14-25-18)19-7-3-4-12-21-19/h2-12,14H,1,13,15H2. The third kappa shape index (κ3) is 4.14. The molecule has 5 heteroatoms. The second kappa shape index (κ2) is 7.97. The molecule has 0 saturated heterocycles. The summed E-state index contributed by atoms with van der Waals surface area (Å²) in [5, 5.41) is 0. The highest BCUT2D eigenvalue weighted by Crippen LogP contribution is 2.20. The van der Waals surface area contributed by atoms with Crippen molar-refractivity contribution in [3.05, 3.63) is 91.0 Å². The molecule has 0 aliphatic rings. The first kappa shape index (κ1) is 16.5. The number of aromatic nitrogens is 1. The van der Waals surface area contributed by atoms with E-state index in [4.69, 9.17) is 9.15 Å². The van der Waals surface area contributed by atoms with Crippen molar-refractivity contribution in [2.75, 3.05) is 11.5 Å². The third-order valence-corrected chi connectivity index (χ3v) is 3.53. The molecule has 0 unspecified atom stereocenters. The number of nitrogens with zero attached hydrogens (tertiary/aromatic N) is 2. The molecule has 0 bridgehead atoms. The molecule has 0 spiro atoms. The minimum atomic E-state index is -0.162. The predicted octanol–water partition coefficient (Wildman–Crippen LogP) is 4.09. The average Bonchev–Trinajstić information content (AvgIpc) is 3.18. The molecular weight excluding hydrogens is 316 g/mol. The zero-order valence-corrected chi connectivity index (χ0v) is 13.7. The van der Waals surface area contributed by atoms with E-state index in [1.165, 1.54) is 0 Å². The average molecular weight is 334 g/mol. The van der Waals surface area contributed by atoms with E-state index in [1.54, 1.807) is 59.8 Å². The summed E-state index contributed by atoms with van der Waals surface area (Å²) >= 11 is 0. The molecule has 0 fully saturated rings. The molecule has 2 heterocycles. The molecule has 3 aromatic rings. The van der Waals surface area contributed by atoms with Crippen LogP contribution in [0.1, 0.15) is 16.1 Å². The largest absolute Gasteiger partial charge is 0.490 e. The highest BCUT2D eigenvalue weighted by Gasteiger charge is 2.20. The van der Waals surface area contributed by atoms with Crippen LogP contribution >= 0.6 is 0 Å². The summed E-state index contributed by atoms with van der Waals surface area (Å²) in [6.45, 7) is 4.34. The van der Waals surface area contributed by atoms with Gasteiger partial charge in [-0.2, -0.15) is 0 Å². The van der Waals surface area contributed by atoms with Crippen LogP contribution in [0.4, 0.5) is 5.82 Å². The van der Waals surface area contributed by atoms with Gasteiger partial charge in [0.2, 0.25) is 0 Å². The maximum atomic E-state index is 13.0. The minimum absolute atomic E-state index is 0.162. The number of ether oxygens (including phenoxy) is 1. The van der Waals surface area contributed by atoms with Crippen LogP contribution in [0.2, 0.25) is 0 Å². The molecule has 0 aliphatic heterocycles. The van der Waals surface area contributed by atoms with Gasteiger partial charge in [-0.1, -0.05) is 18.7 Å². The molecule has 1 amide bonds. The van der Waals surface area contributed by atoms with E-state index in [9.17, 15) is 4.79 Å². The molecule has 126 valence electrons.